The summed E-state index contributed by atoms with van der Waals surface area (Å²) < 4.78 is 23.3. The zero-order chi connectivity index (χ0) is 51.3. The van der Waals surface area contributed by atoms with Crippen LogP contribution in [0.25, 0.3) is 0 Å². The summed E-state index contributed by atoms with van der Waals surface area (Å²) in [7, 11) is 1.25. The number of amides is 1. The van der Waals surface area contributed by atoms with E-state index in [2.05, 4.69) is 43.5 Å². The summed E-state index contributed by atoms with van der Waals surface area (Å²) >= 11 is 0. The van der Waals surface area contributed by atoms with Gasteiger partial charge >= 0.3 is 0 Å². The summed E-state index contributed by atoms with van der Waals surface area (Å²) in [5.74, 6) is -0.203. The summed E-state index contributed by atoms with van der Waals surface area (Å²) in [5, 5.41) is 13.8. The zero-order valence-electron chi connectivity index (χ0n) is 47.2. The second-order valence-corrected chi connectivity index (χ2v) is 23.5. The molecule has 0 spiro atoms. The molecule has 0 aliphatic rings. The molecule has 0 saturated heterocycles. The maximum absolute atomic E-state index is 12.9. The molecule has 0 aliphatic heterocycles. The molecule has 3 unspecified atom stereocenters. The Labute approximate surface area is 436 Å². The molecule has 3 atom stereocenters. The van der Waals surface area contributed by atoms with Crippen LogP contribution in [0, 0.1) is 0 Å². The first-order chi connectivity index (χ1) is 34.0. The van der Waals surface area contributed by atoms with E-state index in [1.807, 2.05) is 27.2 Å². The molecule has 0 fully saturated rings. The Bertz CT molecular complexity index is 1230. The highest BCUT2D eigenvalue weighted by Gasteiger charge is 2.23. The van der Waals surface area contributed by atoms with E-state index in [0.29, 0.717) is 17.4 Å². The molecule has 0 aromatic rings. The molecule has 0 aliphatic carbocycles. The number of phosphoric acid groups is 1. The van der Waals surface area contributed by atoms with Crippen molar-refractivity contribution in [1.29, 1.82) is 0 Å². The summed E-state index contributed by atoms with van der Waals surface area (Å²) in [6, 6.07) is -0.900. The highest BCUT2D eigenvalue weighted by molar-refractivity contribution is 7.45. The summed E-state index contributed by atoms with van der Waals surface area (Å²) in [6.07, 6.45) is 68.3. The molecule has 0 aromatic carbocycles. The molecule has 9 heteroatoms. The van der Waals surface area contributed by atoms with Gasteiger partial charge in [0.05, 0.1) is 39.9 Å². The van der Waals surface area contributed by atoms with Gasteiger partial charge in [0.25, 0.3) is 7.82 Å². The van der Waals surface area contributed by atoms with Gasteiger partial charge in [0.15, 0.2) is 0 Å². The molecular formula is C61H119N2O6P. The fraction of sp³-hybridized carbons (Fsp3) is 0.885. The van der Waals surface area contributed by atoms with Gasteiger partial charge in [-0.15, -0.1) is 0 Å². The van der Waals surface area contributed by atoms with E-state index in [9.17, 15) is 19.4 Å². The predicted octanol–water partition coefficient (Wildman–Crippen LogP) is 17.9. The van der Waals surface area contributed by atoms with Crippen molar-refractivity contribution in [1.82, 2.24) is 5.32 Å². The van der Waals surface area contributed by atoms with Crippen molar-refractivity contribution in [3.05, 3.63) is 36.5 Å². The normalized spacial score (nSPS) is 14.1. The number of likely N-dealkylation sites (N-methyl/N-ethyl adjacent to an activating group) is 1. The quantitative estimate of drug-likeness (QED) is 0.0272. The highest BCUT2D eigenvalue weighted by Crippen LogP contribution is 2.38. The monoisotopic (exact) mass is 1010 g/mol. The lowest BCUT2D eigenvalue weighted by molar-refractivity contribution is -0.870. The van der Waals surface area contributed by atoms with Gasteiger partial charge in [0.1, 0.15) is 13.2 Å². The first kappa shape index (κ1) is 68.7. The zero-order valence-corrected chi connectivity index (χ0v) is 48.1. The lowest BCUT2D eigenvalue weighted by atomic mass is 10.0. The van der Waals surface area contributed by atoms with Crippen LogP contribution in [-0.2, 0) is 18.4 Å². The largest absolute Gasteiger partial charge is 0.756 e. The number of nitrogens with zero attached hydrogens (tertiary/aromatic N) is 1. The smallest absolute Gasteiger partial charge is 0.268 e. The average Bonchev–Trinajstić information content (AvgIpc) is 3.32. The van der Waals surface area contributed by atoms with E-state index in [1.54, 1.807) is 6.08 Å². The van der Waals surface area contributed by atoms with Gasteiger partial charge in [-0.2, -0.15) is 0 Å². The molecule has 0 radical (unpaired) electrons. The van der Waals surface area contributed by atoms with Crippen molar-refractivity contribution in [2.45, 2.75) is 309 Å². The van der Waals surface area contributed by atoms with Crippen molar-refractivity contribution in [2.24, 2.45) is 0 Å². The molecule has 414 valence electrons. The van der Waals surface area contributed by atoms with Gasteiger partial charge in [0, 0.05) is 6.42 Å². The first-order valence-electron chi connectivity index (χ1n) is 30.4. The molecule has 0 rings (SSSR count). The number of unbranched alkanes of at least 4 members (excludes halogenated alkanes) is 39. The third kappa shape index (κ3) is 54.5. The standard InChI is InChI=1S/C61H119N2O6P/c1-6-8-10-12-14-16-18-20-21-22-23-24-25-26-27-28-29-30-31-32-33-34-35-36-37-38-39-40-41-43-45-47-49-51-53-55-61(65)62-59(58-69-70(66,67)68-57-56-63(3,4)5)60(64)54-52-50-48-46-44-42-19-17-15-13-11-9-7-2/h22-23,44,46,52,54,59-60,64H,6-21,24-43,45,47-51,53,55-58H2,1-5H3,(H-,62,65,66,67)/b23-22-,46-44+,54-52+. The Kier molecular flexibility index (Phi) is 51.6. The molecule has 2 N–H and O–H groups in total. The van der Waals surface area contributed by atoms with Crippen LogP contribution >= 0.6 is 7.82 Å². The number of aliphatic hydroxyl groups excluding tert-OH is 1. The number of allylic oxidation sites excluding steroid dienone is 5. The lowest BCUT2D eigenvalue weighted by Gasteiger charge is -2.29. The number of nitrogens with one attached hydrogen (secondary N) is 1. The Morgan fingerprint density at radius 2 is 0.800 bits per heavy atom. The fourth-order valence-electron chi connectivity index (χ4n) is 9.05. The minimum atomic E-state index is -4.60. The molecule has 0 bridgehead atoms. The topological polar surface area (TPSA) is 108 Å². The highest BCUT2D eigenvalue weighted by atomic mass is 31.2. The Balaban J connectivity index is 3.94. The molecule has 0 heterocycles. The van der Waals surface area contributed by atoms with Gasteiger partial charge < -0.3 is 28.8 Å². The molecule has 8 nitrogen and oxygen atoms in total. The predicted molar refractivity (Wildman–Crippen MR) is 302 cm³/mol. The molecule has 0 saturated carbocycles. The van der Waals surface area contributed by atoms with Gasteiger partial charge in [-0.05, 0) is 57.8 Å². The van der Waals surface area contributed by atoms with Gasteiger partial charge in [-0.3, -0.25) is 9.36 Å². The Morgan fingerprint density at radius 1 is 0.486 bits per heavy atom. The van der Waals surface area contributed by atoms with Crippen molar-refractivity contribution < 1.29 is 32.9 Å². The second kappa shape index (κ2) is 52.6. The maximum Gasteiger partial charge on any atom is 0.268 e. The third-order valence-corrected chi connectivity index (χ3v) is 14.8. The van der Waals surface area contributed by atoms with Crippen molar-refractivity contribution in [3.8, 4) is 0 Å². The van der Waals surface area contributed by atoms with Crippen molar-refractivity contribution in [2.75, 3.05) is 40.9 Å². The lowest BCUT2D eigenvalue weighted by Crippen LogP contribution is -2.45. The number of hydrogen-bond donors (Lipinski definition) is 2. The Morgan fingerprint density at radius 3 is 1.16 bits per heavy atom. The number of carbonyl (C=O) groups excluding carboxylic acids is 1. The molecule has 0 aromatic heterocycles. The number of phosphoric ester groups is 1. The maximum atomic E-state index is 12.9. The number of aliphatic hydroxyl groups is 1. The van der Waals surface area contributed by atoms with Crippen LogP contribution in [0.2, 0.25) is 0 Å². The van der Waals surface area contributed by atoms with E-state index in [0.717, 1.165) is 38.5 Å². The van der Waals surface area contributed by atoms with Crippen LogP contribution < -0.4 is 10.2 Å². The number of rotatable bonds is 56. The average molecular weight is 1010 g/mol. The van der Waals surface area contributed by atoms with Crippen LogP contribution in [0.4, 0.5) is 0 Å². The van der Waals surface area contributed by atoms with Gasteiger partial charge in [0.2, 0.25) is 5.91 Å². The van der Waals surface area contributed by atoms with Crippen LogP contribution in [0.15, 0.2) is 36.5 Å². The first-order valence-corrected chi connectivity index (χ1v) is 31.8. The van der Waals surface area contributed by atoms with Gasteiger partial charge in [-0.25, -0.2) is 0 Å². The minimum Gasteiger partial charge on any atom is -0.756 e. The SMILES string of the molecule is CCCCCCCCC/C=C/CC/C=C/C(O)C(COP(=O)([O-])OCC[N+](C)(C)C)NC(=O)CCCCCCCCCCCCCCCCCCCCCCCCC/C=C\CCCCCCCCCC. The van der Waals surface area contributed by atoms with Crippen molar-refractivity contribution in [3.63, 3.8) is 0 Å². The number of quaternary nitrogens is 1. The summed E-state index contributed by atoms with van der Waals surface area (Å²) in [6.45, 7) is 4.64. The third-order valence-electron chi connectivity index (χ3n) is 13.8. The van der Waals surface area contributed by atoms with E-state index < -0.39 is 20.0 Å². The van der Waals surface area contributed by atoms with Crippen LogP contribution in [-0.4, -0.2) is 68.5 Å². The van der Waals surface area contributed by atoms with Crippen molar-refractivity contribution >= 4 is 13.7 Å². The van der Waals surface area contributed by atoms with Gasteiger partial charge in [-0.1, -0.05) is 269 Å². The molecular weight excluding hydrogens is 888 g/mol. The summed E-state index contributed by atoms with van der Waals surface area (Å²) in [4.78, 5) is 25.4. The number of hydrogen-bond acceptors (Lipinski definition) is 6. The molecule has 1 amide bonds. The second-order valence-electron chi connectivity index (χ2n) is 22.0. The van der Waals surface area contributed by atoms with E-state index in [1.165, 1.54) is 238 Å². The van der Waals surface area contributed by atoms with E-state index >= 15 is 0 Å². The summed E-state index contributed by atoms with van der Waals surface area (Å²) in [5.41, 5.74) is 0. The Hall–Kier alpha value is -1.28. The van der Waals surface area contributed by atoms with E-state index in [4.69, 9.17) is 9.05 Å². The number of carbonyl (C=O) groups is 1. The van der Waals surface area contributed by atoms with E-state index in [-0.39, 0.29) is 19.1 Å². The van der Waals surface area contributed by atoms with Crippen LogP contribution in [0.1, 0.15) is 296 Å². The minimum absolute atomic E-state index is 0.00482. The molecule has 70 heavy (non-hydrogen) atoms. The van der Waals surface area contributed by atoms with Crippen LogP contribution in [0.3, 0.4) is 0 Å². The van der Waals surface area contributed by atoms with Crippen LogP contribution in [0.5, 0.6) is 0 Å². The fourth-order valence-corrected chi connectivity index (χ4v) is 9.77.